The van der Waals surface area contributed by atoms with E-state index < -0.39 is 5.41 Å². The molecule has 1 heterocycles. The van der Waals surface area contributed by atoms with Gasteiger partial charge in [0.25, 0.3) is 5.91 Å². The minimum absolute atomic E-state index is 0.0561. The number of likely N-dealkylation sites (tertiary alicyclic amines) is 1. The van der Waals surface area contributed by atoms with Crippen molar-refractivity contribution in [1.82, 2.24) is 4.90 Å². The Bertz CT molecular complexity index is 1050. The summed E-state index contributed by atoms with van der Waals surface area (Å²) in [4.78, 5) is 27.0. The van der Waals surface area contributed by atoms with E-state index in [-0.39, 0.29) is 18.4 Å². The molecule has 1 aliphatic rings. The number of nitrogens with zero attached hydrogens (tertiary/aromatic N) is 1. The third kappa shape index (κ3) is 4.61. The highest BCUT2D eigenvalue weighted by Crippen LogP contribution is 2.37. The largest absolute Gasteiger partial charge is 0.484 e. The number of hydrogen-bond acceptors (Lipinski definition) is 3. The van der Waals surface area contributed by atoms with Gasteiger partial charge in [0.05, 0.1) is 5.41 Å². The van der Waals surface area contributed by atoms with Gasteiger partial charge in [-0.2, -0.15) is 0 Å². The van der Waals surface area contributed by atoms with Gasteiger partial charge >= 0.3 is 0 Å². The molecule has 1 atom stereocenters. The lowest BCUT2D eigenvalue weighted by molar-refractivity contribution is -0.133. The van der Waals surface area contributed by atoms with E-state index >= 15 is 0 Å². The predicted molar refractivity (Wildman–Crippen MR) is 120 cm³/mol. The molecule has 5 nitrogen and oxygen atoms in total. The molecule has 0 aliphatic carbocycles. The summed E-state index contributed by atoms with van der Waals surface area (Å²) >= 11 is 0. The molecule has 158 valence electrons. The molecule has 2 amide bonds. The average Bonchev–Trinajstić information content (AvgIpc) is 3.25. The lowest BCUT2D eigenvalue weighted by Gasteiger charge is -2.27. The first-order valence-electron chi connectivity index (χ1n) is 10.5. The Morgan fingerprint density at radius 1 is 0.903 bits per heavy atom. The maximum Gasteiger partial charge on any atom is 0.260 e. The van der Waals surface area contributed by atoms with E-state index in [2.05, 4.69) is 18.2 Å². The van der Waals surface area contributed by atoms with Gasteiger partial charge in [0.15, 0.2) is 6.61 Å². The molecule has 4 rings (SSSR count). The summed E-state index contributed by atoms with van der Waals surface area (Å²) < 4.78 is 5.60. The fourth-order valence-electron chi connectivity index (χ4n) is 4.21. The highest BCUT2D eigenvalue weighted by molar-refractivity contribution is 5.85. The minimum Gasteiger partial charge on any atom is -0.484 e. The number of rotatable bonds is 7. The highest BCUT2D eigenvalue weighted by Gasteiger charge is 2.45. The average molecular weight is 415 g/mol. The zero-order chi connectivity index (χ0) is 21.7. The van der Waals surface area contributed by atoms with Crippen molar-refractivity contribution >= 4 is 11.8 Å². The van der Waals surface area contributed by atoms with Crippen molar-refractivity contribution in [3.8, 4) is 16.9 Å². The molecule has 1 saturated heterocycles. The van der Waals surface area contributed by atoms with E-state index in [4.69, 9.17) is 10.5 Å². The lowest BCUT2D eigenvalue weighted by atomic mass is 9.78. The van der Waals surface area contributed by atoms with Crippen LogP contribution in [-0.2, 0) is 16.0 Å². The predicted octanol–water partition coefficient (Wildman–Crippen LogP) is 3.68. The molecular formula is C26H26N2O3. The van der Waals surface area contributed by atoms with Crippen molar-refractivity contribution in [1.29, 1.82) is 0 Å². The maximum absolute atomic E-state index is 12.7. The fourth-order valence-corrected chi connectivity index (χ4v) is 4.21. The summed E-state index contributed by atoms with van der Waals surface area (Å²) in [5.74, 6) is 0.144. The number of amides is 2. The van der Waals surface area contributed by atoms with Crippen LogP contribution in [0.25, 0.3) is 11.1 Å². The van der Waals surface area contributed by atoms with Crippen LogP contribution in [0.3, 0.4) is 0 Å². The van der Waals surface area contributed by atoms with Crippen LogP contribution in [0.2, 0.25) is 0 Å². The normalized spacial score (nSPS) is 18.0. The molecule has 0 unspecified atom stereocenters. The SMILES string of the molecule is NC(=O)[C@]1(Cc2ccccc2-c2ccccc2)CCN(C(=O)COc2ccccc2)C1. The summed E-state index contributed by atoms with van der Waals surface area (Å²) in [6.45, 7) is 0.745. The highest BCUT2D eigenvalue weighted by atomic mass is 16.5. The first kappa shape index (κ1) is 20.7. The molecule has 5 heteroatoms. The Labute approximate surface area is 182 Å². The number of benzene rings is 3. The second-order valence-corrected chi connectivity index (χ2v) is 8.01. The fraction of sp³-hybridized carbons (Fsp3) is 0.231. The van der Waals surface area contributed by atoms with E-state index in [9.17, 15) is 9.59 Å². The summed E-state index contributed by atoms with van der Waals surface area (Å²) in [6, 6.07) is 27.4. The summed E-state index contributed by atoms with van der Waals surface area (Å²) in [5.41, 5.74) is 8.34. The Balaban J connectivity index is 1.50. The van der Waals surface area contributed by atoms with Gasteiger partial charge in [0.1, 0.15) is 5.75 Å². The molecule has 0 saturated carbocycles. The van der Waals surface area contributed by atoms with Crippen LogP contribution >= 0.6 is 0 Å². The summed E-state index contributed by atoms with van der Waals surface area (Å²) in [6.07, 6.45) is 1.04. The number of carbonyl (C=O) groups excluding carboxylic acids is 2. The maximum atomic E-state index is 12.7. The molecule has 3 aromatic rings. The molecular weight excluding hydrogens is 388 g/mol. The van der Waals surface area contributed by atoms with Crippen LogP contribution in [0.4, 0.5) is 0 Å². The van der Waals surface area contributed by atoms with Crippen LogP contribution in [-0.4, -0.2) is 36.4 Å². The number of para-hydroxylation sites is 1. The van der Waals surface area contributed by atoms with Gasteiger partial charge in [0, 0.05) is 13.1 Å². The smallest absolute Gasteiger partial charge is 0.260 e. The van der Waals surface area contributed by atoms with Crippen LogP contribution < -0.4 is 10.5 Å². The first-order valence-corrected chi connectivity index (χ1v) is 10.5. The molecule has 0 radical (unpaired) electrons. The van der Waals surface area contributed by atoms with Crippen LogP contribution in [0.5, 0.6) is 5.75 Å². The van der Waals surface area contributed by atoms with Crippen molar-refractivity contribution in [2.45, 2.75) is 12.8 Å². The lowest BCUT2D eigenvalue weighted by Crippen LogP contribution is -2.43. The van der Waals surface area contributed by atoms with Crippen LogP contribution in [0.1, 0.15) is 12.0 Å². The summed E-state index contributed by atoms with van der Waals surface area (Å²) in [7, 11) is 0. The second kappa shape index (κ2) is 9.04. The first-order chi connectivity index (χ1) is 15.1. The van der Waals surface area contributed by atoms with E-state index in [1.807, 2.05) is 66.7 Å². The van der Waals surface area contributed by atoms with E-state index in [0.29, 0.717) is 31.7 Å². The van der Waals surface area contributed by atoms with Gasteiger partial charge < -0.3 is 15.4 Å². The number of hydrogen-bond donors (Lipinski definition) is 1. The van der Waals surface area contributed by atoms with Gasteiger partial charge in [-0.25, -0.2) is 0 Å². The van der Waals surface area contributed by atoms with Gasteiger partial charge in [-0.3, -0.25) is 9.59 Å². The number of carbonyl (C=O) groups is 2. The van der Waals surface area contributed by atoms with Crippen LogP contribution in [0, 0.1) is 5.41 Å². The molecule has 2 N–H and O–H groups in total. The van der Waals surface area contributed by atoms with Crippen molar-refractivity contribution in [2.75, 3.05) is 19.7 Å². The van der Waals surface area contributed by atoms with E-state index in [1.165, 1.54) is 0 Å². The molecule has 31 heavy (non-hydrogen) atoms. The number of primary amides is 1. The summed E-state index contributed by atoms with van der Waals surface area (Å²) in [5, 5.41) is 0. The molecule has 0 spiro atoms. The van der Waals surface area contributed by atoms with E-state index in [0.717, 1.165) is 16.7 Å². The molecule has 1 aliphatic heterocycles. The van der Waals surface area contributed by atoms with Gasteiger partial charge in [0.2, 0.25) is 5.91 Å². The monoisotopic (exact) mass is 414 g/mol. The van der Waals surface area contributed by atoms with Crippen molar-refractivity contribution in [3.05, 3.63) is 90.5 Å². The Hall–Kier alpha value is -3.60. The van der Waals surface area contributed by atoms with Gasteiger partial charge in [-0.05, 0) is 41.7 Å². The number of ether oxygens (including phenoxy) is 1. The molecule has 0 aromatic heterocycles. The standard InChI is InChI=1S/C26H26N2O3/c27-25(30)26(17-21-11-7-8-14-23(21)20-9-3-1-4-10-20)15-16-28(19-26)24(29)18-31-22-12-5-2-6-13-22/h1-14H,15-19H2,(H2,27,30)/t26-/m0/s1. The zero-order valence-corrected chi connectivity index (χ0v) is 17.4. The van der Waals surface area contributed by atoms with Crippen LogP contribution in [0.15, 0.2) is 84.9 Å². The van der Waals surface area contributed by atoms with Crippen molar-refractivity contribution in [3.63, 3.8) is 0 Å². The Kier molecular flexibility index (Phi) is 6.03. The quantitative estimate of drug-likeness (QED) is 0.641. The topological polar surface area (TPSA) is 72.6 Å². The Morgan fingerprint density at radius 2 is 1.55 bits per heavy atom. The second-order valence-electron chi connectivity index (χ2n) is 8.01. The molecule has 3 aromatic carbocycles. The third-order valence-corrected chi connectivity index (χ3v) is 5.97. The zero-order valence-electron chi connectivity index (χ0n) is 17.4. The van der Waals surface area contributed by atoms with E-state index in [1.54, 1.807) is 4.90 Å². The number of nitrogens with two attached hydrogens (primary N) is 1. The molecule has 0 bridgehead atoms. The Morgan fingerprint density at radius 3 is 2.26 bits per heavy atom. The molecule has 1 fully saturated rings. The van der Waals surface area contributed by atoms with Gasteiger partial charge in [-0.15, -0.1) is 0 Å². The third-order valence-electron chi connectivity index (χ3n) is 5.97. The van der Waals surface area contributed by atoms with Crippen molar-refractivity contribution in [2.24, 2.45) is 11.1 Å². The minimum atomic E-state index is -0.784. The van der Waals surface area contributed by atoms with Gasteiger partial charge in [-0.1, -0.05) is 72.8 Å². The van der Waals surface area contributed by atoms with Crippen molar-refractivity contribution < 1.29 is 14.3 Å².